The van der Waals surface area contributed by atoms with E-state index in [1.54, 1.807) is 18.3 Å². The fraction of sp³-hybridized carbons (Fsp3) is 0.200. The van der Waals surface area contributed by atoms with Crippen LogP contribution in [0.15, 0.2) is 252 Å². The van der Waals surface area contributed by atoms with Gasteiger partial charge in [0.05, 0.1) is 11.1 Å². The smallest absolute Gasteiger partial charge is 0.212 e. The molecule has 0 radical (unpaired) electrons. The Morgan fingerprint density at radius 1 is 0.363 bits per heavy atom. The van der Waals surface area contributed by atoms with Gasteiger partial charge >= 0.3 is 0 Å². The predicted octanol–water partition coefficient (Wildman–Crippen LogP) is 20.2. The van der Waals surface area contributed by atoms with Crippen LogP contribution in [-0.2, 0) is 34.6 Å². The van der Waals surface area contributed by atoms with Crippen LogP contribution in [0.25, 0.3) is 111 Å². The summed E-state index contributed by atoms with van der Waals surface area (Å²) in [4.78, 5) is 0. The number of aryl methyl sites for hydroxylation is 10. The summed E-state index contributed by atoms with van der Waals surface area (Å²) in [7, 11) is 8.00. The first-order valence-electron chi connectivity index (χ1n) is 35.2. The summed E-state index contributed by atoms with van der Waals surface area (Å²) in [5.41, 5.74) is 25.5. The van der Waals surface area contributed by atoms with Crippen LogP contribution in [0.5, 0.6) is 0 Å². The van der Waals surface area contributed by atoms with Gasteiger partial charge in [0, 0.05) is 91.7 Å². The molecular formula is C85H86N4O2+4. The molecule has 6 heterocycles. The van der Waals surface area contributed by atoms with E-state index in [0.717, 1.165) is 84.6 Å². The van der Waals surface area contributed by atoms with Crippen molar-refractivity contribution >= 4 is 43.9 Å². The molecule has 0 aliphatic heterocycles. The van der Waals surface area contributed by atoms with Crippen LogP contribution in [0.3, 0.4) is 0 Å². The summed E-state index contributed by atoms with van der Waals surface area (Å²) >= 11 is 0. The summed E-state index contributed by atoms with van der Waals surface area (Å²) in [6, 6.07) is 74.3. The van der Waals surface area contributed by atoms with E-state index in [4.69, 9.17) is 19.8 Å². The normalized spacial score (nSPS) is 14.1. The van der Waals surface area contributed by atoms with Crippen molar-refractivity contribution in [2.24, 2.45) is 28.2 Å². The van der Waals surface area contributed by atoms with E-state index in [-0.39, 0.29) is 0 Å². The molecule has 0 amide bonds. The lowest BCUT2D eigenvalue weighted by molar-refractivity contribution is -0.661. The molecule has 0 saturated heterocycles. The molecule has 14 rings (SSSR count). The minimum atomic E-state index is -2.40. The first-order chi connectivity index (χ1) is 47.0. The first kappa shape index (κ1) is 52.9. The molecule has 0 saturated carbocycles. The molecule has 0 bridgehead atoms. The molecule has 6 aromatic heterocycles. The second kappa shape index (κ2) is 27.4. The number of hydrogen-bond acceptors (Lipinski definition) is 2. The van der Waals surface area contributed by atoms with Gasteiger partial charge in [0.1, 0.15) is 50.5 Å². The lowest BCUT2D eigenvalue weighted by Crippen LogP contribution is -2.31. The highest BCUT2D eigenvalue weighted by atomic mass is 16.3. The average Bonchev–Trinajstić information content (AvgIpc) is 1.69. The Morgan fingerprint density at radius 2 is 0.813 bits per heavy atom. The Morgan fingerprint density at radius 3 is 1.33 bits per heavy atom. The van der Waals surface area contributed by atoms with Gasteiger partial charge in [0.25, 0.3) is 0 Å². The molecule has 6 nitrogen and oxygen atoms in total. The highest BCUT2D eigenvalue weighted by Gasteiger charge is 2.21. The van der Waals surface area contributed by atoms with Crippen molar-refractivity contribution in [3.05, 3.63) is 288 Å². The van der Waals surface area contributed by atoms with E-state index in [1.807, 2.05) is 109 Å². The monoisotopic (exact) mass is 1200 g/mol. The van der Waals surface area contributed by atoms with Crippen LogP contribution >= 0.6 is 0 Å². The van der Waals surface area contributed by atoms with Crippen LogP contribution in [0.1, 0.15) is 102 Å². The number of hydrogen-bond donors (Lipinski definition) is 0. The fourth-order valence-electron chi connectivity index (χ4n) is 12.0. The third-order valence-electron chi connectivity index (χ3n) is 17.3. The van der Waals surface area contributed by atoms with Crippen molar-refractivity contribution in [1.82, 2.24) is 0 Å². The van der Waals surface area contributed by atoms with Crippen molar-refractivity contribution in [2.45, 2.75) is 87.3 Å². The Hall–Kier alpha value is -10.0. The number of aromatic nitrogens is 4. The van der Waals surface area contributed by atoms with Crippen molar-refractivity contribution in [2.75, 3.05) is 0 Å². The Bertz CT molecular complexity index is 5280. The summed E-state index contributed by atoms with van der Waals surface area (Å²) in [6.45, 7) is 10.9. The van der Waals surface area contributed by atoms with Crippen molar-refractivity contribution < 1.29 is 38.1 Å². The number of rotatable bonds is 9. The van der Waals surface area contributed by atoms with Gasteiger partial charge in [-0.05, 0) is 169 Å². The van der Waals surface area contributed by atoms with Gasteiger partial charge in [-0.25, -0.2) is 18.3 Å². The van der Waals surface area contributed by atoms with E-state index in [2.05, 4.69) is 204 Å². The molecule has 14 aromatic rings. The molecule has 2 unspecified atom stereocenters. The number of nitrogens with zero attached hydrogens (tertiary/aromatic N) is 4. The molecule has 8 aromatic carbocycles. The summed E-state index contributed by atoms with van der Waals surface area (Å²) in [5.74, 6) is -3.31. The van der Waals surface area contributed by atoms with E-state index >= 15 is 0 Å². The SMILES string of the molecule is CCc1cc[n+](C)c(-c2cc3oc4ccccc4c3cc2C)c1.Cc1cc[n+](C)c(-c2cc3oc4ccccc4c3cc2C)c1.[2H]C([2H])([2H])C([2H])(C)c1cc[n+](C)c(-c2cc(-c3ccccc3)ccc2C)c1.[2H]C([2H])([2H])C([2H])(C)c1ccc(-c2cc(-c3ccccc3)ccc2C)[n+](C)c1. The summed E-state index contributed by atoms with van der Waals surface area (Å²) in [6.07, 6.45) is 8.87. The maximum absolute atomic E-state index is 8.41. The van der Waals surface area contributed by atoms with Crippen molar-refractivity contribution in [1.29, 1.82) is 0 Å². The van der Waals surface area contributed by atoms with Crippen molar-refractivity contribution in [3.63, 3.8) is 0 Å². The molecular weight excluding hydrogens is 1110 g/mol. The lowest BCUT2D eigenvalue weighted by atomic mass is 9.95. The maximum Gasteiger partial charge on any atom is 0.212 e. The highest BCUT2D eigenvalue weighted by Crippen LogP contribution is 2.37. The van der Waals surface area contributed by atoms with Crippen LogP contribution in [0, 0.1) is 34.6 Å². The largest absolute Gasteiger partial charge is 0.456 e. The van der Waals surface area contributed by atoms with Gasteiger partial charge in [-0.1, -0.05) is 156 Å². The second-order valence-electron chi connectivity index (χ2n) is 24.0. The zero-order valence-electron chi connectivity index (χ0n) is 62.4. The third kappa shape index (κ3) is 13.8. The Kier molecular flexibility index (Phi) is 15.9. The van der Waals surface area contributed by atoms with Gasteiger partial charge in [-0.15, -0.1) is 0 Å². The number of benzene rings is 8. The van der Waals surface area contributed by atoms with Gasteiger partial charge in [0.2, 0.25) is 22.8 Å². The minimum absolute atomic E-state index is 0.477. The third-order valence-corrected chi connectivity index (χ3v) is 17.3. The molecule has 454 valence electrons. The summed E-state index contributed by atoms with van der Waals surface area (Å²) in [5, 5.41) is 4.74. The lowest BCUT2D eigenvalue weighted by Gasteiger charge is -2.11. The Balaban J connectivity index is 0.000000134. The first-order valence-corrected chi connectivity index (χ1v) is 31.2. The van der Waals surface area contributed by atoms with Gasteiger partial charge in [-0.2, -0.15) is 0 Å². The van der Waals surface area contributed by atoms with E-state index in [1.165, 1.54) is 80.2 Å². The molecule has 0 spiro atoms. The maximum atomic E-state index is 8.41. The van der Waals surface area contributed by atoms with E-state index in [0.29, 0.717) is 11.1 Å². The topological polar surface area (TPSA) is 41.8 Å². The van der Waals surface area contributed by atoms with Crippen molar-refractivity contribution in [3.8, 4) is 67.3 Å². The number of para-hydroxylation sites is 2. The predicted molar refractivity (Wildman–Crippen MR) is 379 cm³/mol. The number of pyridine rings is 4. The number of furan rings is 2. The average molecular weight is 1200 g/mol. The molecule has 91 heavy (non-hydrogen) atoms. The standard InChI is InChI=1S/2C22H24N.C21H20NO.C20H18NO/c1-16(2)19-12-13-23(4)22(15-19)21-14-20(11-10-17(21)3)18-8-6-5-7-9-18;1-16(2)20-12-13-22(23(4)15-20)21-14-19(11-10-17(21)3)18-8-6-5-7-9-18;1-4-15-9-10-22(3)19(12-15)17-13-21-18(11-14(17)2)16-7-5-6-8-20(16)23-21;1-13-8-9-21(3)18(10-13)16-12-20-17(11-14(16)2)15-6-4-5-7-19(15)22-20/h2*5-16H,1-4H3;5-13H,4H2,1-3H3;4-12H,1-3H3/q4*+1/i2*1D3,16D;;. The fourth-order valence-corrected chi connectivity index (χ4v) is 12.0. The highest BCUT2D eigenvalue weighted by molar-refractivity contribution is 6.07. The van der Waals surface area contributed by atoms with Crippen LogP contribution in [0.4, 0.5) is 0 Å². The van der Waals surface area contributed by atoms with Gasteiger partial charge in [0.15, 0.2) is 24.8 Å². The van der Waals surface area contributed by atoms with Crippen LogP contribution < -0.4 is 18.3 Å². The van der Waals surface area contributed by atoms with E-state index in [9.17, 15) is 0 Å². The molecule has 0 fully saturated rings. The second-order valence-corrected chi connectivity index (χ2v) is 24.0. The number of fused-ring (bicyclic) bond motifs is 6. The van der Waals surface area contributed by atoms with Gasteiger partial charge < -0.3 is 8.83 Å². The zero-order valence-corrected chi connectivity index (χ0v) is 54.4. The minimum Gasteiger partial charge on any atom is -0.456 e. The Labute approximate surface area is 549 Å². The quantitative estimate of drug-likeness (QED) is 0.135. The molecule has 0 N–H and O–H groups in total. The summed E-state index contributed by atoms with van der Waals surface area (Å²) < 4.78 is 83.2. The van der Waals surface area contributed by atoms with E-state index < -0.39 is 25.5 Å². The molecule has 0 aliphatic rings. The molecule has 0 aliphatic carbocycles. The molecule has 2 atom stereocenters. The van der Waals surface area contributed by atoms with Gasteiger partial charge in [-0.3, -0.25) is 0 Å². The van der Waals surface area contributed by atoms with Crippen LogP contribution in [-0.4, -0.2) is 0 Å². The molecule has 6 heteroatoms. The van der Waals surface area contributed by atoms with Crippen LogP contribution in [0.2, 0.25) is 0 Å². The zero-order chi connectivity index (χ0) is 70.9.